The second kappa shape index (κ2) is 19.8. The van der Waals surface area contributed by atoms with Crippen molar-refractivity contribution in [2.24, 2.45) is 0 Å². The fraction of sp³-hybridized carbons (Fsp3) is 0.323. The molecule has 0 saturated carbocycles. The van der Waals surface area contributed by atoms with Crippen molar-refractivity contribution in [1.82, 2.24) is 9.55 Å². The van der Waals surface area contributed by atoms with Crippen LogP contribution in [-0.4, -0.2) is 30.9 Å². The van der Waals surface area contributed by atoms with Gasteiger partial charge in [0.1, 0.15) is 5.82 Å². The number of benzene rings is 6. The largest absolute Gasteiger partial charge is 0.493 e. The van der Waals surface area contributed by atoms with Gasteiger partial charge in [-0.3, -0.25) is 0 Å². The van der Waals surface area contributed by atoms with Crippen LogP contribution in [0.5, 0.6) is 0 Å². The number of hydrogen-bond donors (Lipinski definition) is 0. The van der Waals surface area contributed by atoms with E-state index < -0.39 is 21.4 Å². The maximum absolute atomic E-state index is 6.96. The Kier molecular flexibility index (Phi) is 14.4. The Bertz CT molecular complexity index is 3330. The van der Waals surface area contributed by atoms with Crippen molar-refractivity contribution in [2.75, 3.05) is 9.80 Å². The minimum atomic E-state index is -0.726. The normalized spacial score (nSPS) is 14.8. The Morgan fingerprint density at radius 3 is 1.77 bits per heavy atom. The molecule has 0 amide bonds. The number of para-hydroxylation sites is 4. The van der Waals surface area contributed by atoms with E-state index in [-0.39, 0.29) is 47.9 Å². The molecule has 4 heterocycles. The number of pyridine rings is 1. The number of anilines is 4. The molecule has 0 unspecified atom stereocenters. The molecule has 74 heavy (non-hydrogen) atoms. The van der Waals surface area contributed by atoms with Gasteiger partial charge in [0, 0.05) is 60.9 Å². The van der Waals surface area contributed by atoms with E-state index in [0.29, 0.717) is 0 Å². The van der Waals surface area contributed by atoms with Crippen LogP contribution in [0.25, 0.3) is 38.8 Å². The first-order valence-corrected chi connectivity index (χ1v) is 26.6. The molecule has 382 valence electrons. The maximum Gasteiger partial charge on any atom is 0.468 e. The topological polar surface area (TPSA) is 52.0 Å². The summed E-state index contributed by atoms with van der Waals surface area (Å²) in [5.74, 6) is 0.887. The van der Waals surface area contributed by atoms with Crippen LogP contribution in [0.4, 0.5) is 22.7 Å². The predicted molar refractivity (Wildman–Crippen MR) is 309 cm³/mol. The molecule has 6 aromatic carbocycles. The van der Waals surface area contributed by atoms with Crippen LogP contribution in [0, 0.1) is 18.8 Å². The van der Waals surface area contributed by atoms with Crippen LogP contribution in [0.1, 0.15) is 121 Å². The van der Waals surface area contributed by atoms with E-state index in [1.54, 1.807) is 11.8 Å². The van der Waals surface area contributed by atoms with Gasteiger partial charge in [0.05, 0.1) is 0 Å². The van der Waals surface area contributed by atoms with Gasteiger partial charge in [-0.2, -0.15) is 24.3 Å². The van der Waals surface area contributed by atoms with Gasteiger partial charge in [0.2, 0.25) is 0 Å². The number of fused-ring (bicyclic) bond motifs is 4. The van der Waals surface area contributed by atoms with E-state index in [0.717, 1.165) is 71.4 Å². The second-order valence-corrected chi connectivity index (χ2v) is 26.2. The van der Waals surface area contributed by atoms with Crippen LogP contribution in [0.15, 0.2) is 143 Å². The molecule has 0 spiro atoms. The minimum Gasteiger partial charge on any atom is -0.493 e. The van der Waals surface area contributed by atoms with Gasteiger partial charge < -0.3 is 28.1 Å². The van der Waals surface area contributed by atoms with E-state index in [2.05, 4.69) is 264 Å². The Morgan fingerprint density at radius 2 is 1.14 bits per heavy atom. The molecule has 1 saturated heterocycles. The van der Waals surface area contributed by atoms with E-state index in [4.69, 9.17) is 18.7 Å². The Labute approximate surface area is 460 Å². The Morgan fingerprint density at radius 1 is 0.541 bits per heavy atom. The van der Waals surface area contributed by atoms with Crippen molar-refractivity contribution >= 4 is 83.1 Å². The molecule has 2 aromatic heterocycles. The van der Waals surface area contributed by atoms with Crippen molar-refractivity contribution in [3.8, 4) is 16.9 Å². The molecule has 12 heteroatoms. The summed E-state index contributed by atoms with van der Waals surface area (Å²) in [5.41, 5.74) is 12.8. The molecule has 2 aliphatic rings. The van der Waals surface area contributed by atoms with Gasteiger partial charge in [-0.25, -0.2) is 4.98 Å². The zero-order chi connectivity index (χ0) is 52.0. The Balaban J connectivity index is 0.00000672. The van der Waals surface area contributed by atoms with E-state index in [1.165, 1.54) is 22.1 Å². The SMILES string of the molecule is CC(C)(C)B1OB(c2cccc(-c3cc(C(C)(C)C)cc(C(C)(C)C)c3)c2N2[CH-]N(c3[c-]c(Sc4[c-]c5c(cc4)c4ccccc4n5-c4cc(C(C)(C)C)ccn4)ccc3)c3ccccc32)OB(C(C)(C)C)O1.[Pt]. The number of hydrogen-bond acceptors (Lipinski definition) is 7. The van der Waals surface area contributed by atoms with E-state index in [9.17, 15) is 0 Å². The predicted octanol–water partition coefficient (Wildman–Crippen LogP) is 16.2. The molecule has 0 radical (unpaired) electrons. The quantitative estimate of drug-likeness (QED) is 0.116. The molecule has 1 fully saturated rings. The Hall–Kier alpha value is -5.02. The summed E-state index contributed by atoms with van der Waals surface area (Å²) in [4.78, 5) is 11.5. The van der Waals surface area contributed by atoms with E-state index >= 15 is 0 Å². The van der Waals surface area contributed by atoms with Crippen LogP contribution in [0.2, 0.25) is 10.6 Å². The molecular formula is C62H68B3N4O3PtS-3. The summed E-state index contributed by atoms with van der Waals surface area (Å²) in [6.07, 6.45) is 1.92. The summed E-state index contributed by atoms with van der Waals surface area (Å²) in [6, 6.07) is 53.7. The zero-order valence-electron chi connectivity index (χ0n) is 45.7. The second-order valence-electron chi connectivity index (χ2n) is 25.1. The van der Waals surface area contributed by atoms with Gasteiger partial charge in [-0.1, -0.05) is 176 Å². The molecule has 0 aliphatic carbocycles. The van der Waals surface area contributed by atoms with Gasteiger partial charge >= 0.3 is 21.4 Å². The van der Waals surface area contributed by atoms with E-state index in [1.807, 2.05) is 6.20 Å². The van der Waals surface area contributed by atoms with Crippen molar-refractivity contribution in [1.29, 1.82) is 0 Å². The van der Waals surface area contributed by atoms with Gasteiger partial charge in [-0.15, -0.1) is 57.5 Å². The van der Waals surface area contributed by atoms with Gasteiger partial charge in [-0.05, 0) is 84.8 Å². The molecule has 8 aromatic rings. The average Bonchev–Trinajstić information content (AvgIpc) is 3.88. The average molecular weight is 1180 g/mol. The first-order valence-electron chi connectivity index (χ1n) is 25.7. The molecule has 0 atom stereocenters. The third-order valence-electron chi connectivity index (χ3n) is 14.0. The standard InChI is InChI=1S/C62H68B3N4O3S.Pt/c1-58(2,3)42-32-33-66-56(37-42)69-52-27-17-16-24-49(52)50-31-30-47(39-55(50)69)73-46-23-20-22-45(38-46)67-40-68(54-29-19-18-28-53(54)67)57-48(41-34-43(59(4,5)6)36-44(35-41)60(7,8)9)25-21-26-51(57)63-70-64(61(10,11)12)72-65(71-63)62(13,14)15;/h16-37,40H,1-15H3;/q-3;. The van der Waals surface area contributed by atoms with Crippen molar-refractivity contribution in [2.45, 2.75) is 141 Å². The molecule has 10 rings (SSSR count). The summed E-state index contributed by atoms with van der Waals surface area (Å²) < 4.78 is 22.8. The first-order chi connectivity index (χ1) is 34.3. The molecule has 0 bridgehead atoms. The molecule has 2 aliphatic heterocycles. The fourth-order valence-electron chi connectivity index (χ4n) is 9.71. The number of rotatable bonds is 7. The van der Waals surface area contributed by atoms with Gasteiger partial charge in [0.25, 0.3) is 0 Å². The molecule has 0 N–H and O–H groups in total. The fourth-order valence-corrected chi connectivity index (χ4v) is 10.5. The monoisotopic (exact) mass is 1180 g/mol. The van der Waals surface area contributed by atoms with Crippen LogP contribution < -0.4 is 15.3 Å². The van der Waals surface area contributed by atoms with Crippen molar-refractivity contribution in [3.05, 3.63) is 169 Å². The van der Waals surface area contributed by atoms with Crippen LogP contribution >= 0.6 is 11.8 Å². The van der Waals surface area contributed by atoms with Gasteiger partial charge in [0.15, 0.2) is 0 Å². The number of aromatic nitrogens is 2. The van der Waals surface area contributed by atoms with Crippen molar-refractivity contribution in [3.63, 3.8) is 0 Å². The van der Waals surface area contributed by atoms with Crippen molar-refractivity contribution < 1.29 is 34.8 Å². The summed E-state index contributed by atoms with van der Waals surface area (Å²) in [5, 5.41) is 1.69. The smallest absolute Gasteiger partial charge is 0.468 e. The summed E-state index contributed by atoms with van der Waals surface area (Å²) in [7, 11) is -1.75. The van der Waals surface area contributed by atoms with Crippen LogP contribution in [-0.2, 0) is 51.0 Å². The third-order valence-corrected chi connectivity index (χ3v) is 14.9. The molecule has 7 nitrogen and oxygen atoms in total. The summed E-state index contributed by atoms with van der Waals surface area (Å²) >= 11 is 1.66. The number of nitrogens with zero attached hydrogens (tertiary/aromatic N) is 4. The minimum absolute atomic E-state index is 0. The van der Waals surface area contributed by atoms with Crippen LogP contribution in [0.3, 0.4) is 0 Å². The zero-order valence-corrected chi connectivity index (χ0v) is 48.8. The molecular weight excluding hydrogens is 1110 g/mol. The first kappa shape index (κ1) is 53.8. The summed E-state index contributed by atoms with van der Waals surface area (Å²) in [6.45, 7) is 35.7. The maximum atomic E-state index is 6.96. The third kappa shape index (κ3) is 10.6.